The molecule has 0 aliphatic carbocycles. The van der Waals surface area contributed by atoms with Gasteiger partial charge in [-0.15, -0.1) is 0 Å². The molecule has 0 fully saturated rings. The van der Waals surface area contributed by atoms with Gasteiger partial charge in [0.25, 0.3) is 5.56 Å². The summed E-state index contributed by atoms with van der Waals surface area (Å²) in [5.74, 6) is -0.603. The van der Waals surface area contributed by atoms with Crippen LogP contribution in [0.1, 0.15) is 23.1 Å². The number of hydrogen-bond donors (Lipinski definition) is 3. The van der Waals surface area contributed by atoms with Crippen LogP contribution in [0.3, 0.4) is 0 Å². The third-order valence-electron chi connectivity index (χ3n) is 7.79. The average Bonchev–Trinajstić information content (AvgIpc) is 3.57. The highest BCUT2D eigenvalue weighted by Crippen LogP contribution is 2.27. The molecule has 0 aliphatic heterocycles. The fraction of sp³-hybridized carbons (Fsp3) is 0.162. The van der Waals surface area contributed by atoms with Crippen LogP contribution < -0.4 is 20.9 Å². The summed E-state index contributed by atoms with van der Waals surface area (Å²) >= 11 is 0. The molecule has 6 aromatic rings. The first-order valence-corrected chi connectivity index (χ1v) is 15.6. The number of halogens is 1. The van der Waals surface area contributed by atoms with Gasteiger partial charge in [0, 0.05) is 11.6 Å². The first-order chi connectivity index (χ1) is 24.3. The zero-order chi connectivity index (χ0) is 35.0. The van der Waals surface area contributed by atoms with E-state index in [9.17, 15) is 23.9 Å². The van der Waals surface area contributed by atoms with E-state index in [2.05, 4.69) is 20.6 Å². The zero-order valence-electron chi connectivity index (χ0n) is 26.8. The normalized spacial score (nSPS) is 12.2. The highest BCUT2D eigenvalue weighted by molar-refractivity contribution is 5.84. The maximum absolute atomic E-state index is 13.8. The Morgan fingerprint density at radius 1 is 0.960 bits per heavy atom. The van der Waals surface area contributed by atoms with Crippen molar-refractivity contribution in [2.45, 2.75) is 31.7 Å². The van der Waals surface area contributed by atoms with Gasteiger partial charge in [-0.05, 0) is 53.9 Å². The highest BCUT2D eigenvalue weighted by atomic mass is 19.1. The number of aliphatic hydroxyl groups excluding tert-OH is 1. The lowest BCUT2D eigenvalue weighted by Crippen LogP contribution is -2.44. The molecule has 0 radical (unpaired) electrons. The van der Waals surface area contributed by atoms with Crippen LogP contribution in [0.25, 0.3) is 22.5 Å². The third-order valence-corrected chi connectivity index (χ3v) is 7.79. The minimum absolute atomic E-state index is 0.0273. The number of rotatable bonds is 12. The van der Waals surface area contributed by atoms with Crippen LogP contribution in [0, 0.1) is 5.82 Å². The SMILES string of the molecule is COc1ccc2oc(C(O)C(Cc3ccccc3)NC(=O)Cn3c(-c4ccc(F)cc4)ncc(NC(=O)OCc4ccccc4)c3=O)nc2c1. The number of aromatic nitrogens is 3. The summed E-state index contributed by atoms with van der Waals surface area (Å²) in [6.07, 6.45) is -0.969. The number of hydrogen-bond acceptors (Lipinski definition) is 9. The lowest BCUT2D eigenvalue weighted by molar-refractivity contribution is -0.123. The van der Waals surface area contributed by atoms with Gasteiger partial charge in [0.05, 0.1) is 19.3 Å². The van der Waals surface area contributed by atoms with E-state index in [1.807, 2.05) is 36.4 Å². The number of anilines is 1. The van der Waals surface area contributed by atoms with Crippen molar-refractivity contribution in [2.24, 2.45) is 0 Å². The number of ether oxygens (including phenoxy) is 2. The molecule has 2 heterocycles. The number of aliphatic hydroxyl groups is 1. The van der Waals surface area contributed by atoms with Gasteiger partial charge < -0.3 is 24.3 Å². The summed E-state index contributed by atoms with van der Waals surface area (Å²) in [6, 6.07) is 27.5. The third kappa shape index (κ3) is 8.02. The summed E-state index contributed by atoms with van der Waals surface area (Å²) in [5.41, 5.74) is 1.75. The molecule has 0 bridgehead atoms. The van der Waals surface area contributed by atoms with Gasteiger partial charge >= 0.3 is 6.09 Å². The lowest BCUT2D eigenvalue weighted by atomic mass is 10.0. The summed E-state index contributed by atoms with van der Waals surface area (Å²) in [7, 11) is 1.52. The molecule has 2 unspecified atom stereocenters. The molecule has 2 atom stereocenters. The highest BCUT2D eigenvalue weighted by Gasteiger charge is 2.29. The number of methoxy groups -OCH3 is 1. The zero-order valence-corrected chi connectivity index (χ0v) is 26.8. The fourth-order valence-corrected chi connectivity index (χ4v) is 5.28. The van der Waals surface area contributed by atoms with Crippen molar-refractivity contribution < 1.29 is 33.0 Å². The summed E-state index contributed by atoms with van der Waals surface area (Å²) in [6.45, 7) is -0.612. The van der Waals surface area contributed by atoms with Crippen LogP contribution >= 0.6 is 0 Å². The van der Waals surface area contributed by atoms with Gasteiger partial charge in [-0.1, -0.05) is 60.7 Å². The Balaban J connectivity index is 1.27. The van der Waals surface area contributed by atoms with Crippen LogP contribution in [0.5, 0.6) is 5.75 Å². The number of nitrogens with one attached hydrogen (secondary N) is 2. The maximum Gasteiger partial charge on any atom is 0.412 e. The molecule has 2 aromatic heterocycles. The Kier molecular flexibility index (Phi) is 10.2. The number of carbonyl (C=O) groups is 2. The molecule has 2 amide bonds. The predicted octanol–water partition coefficient (Wildman–Crippen LogP) is 5.41. The van der Waals surface area contributed by atoms with E-state index in [1.54, 1.807) is 42.5 Å². The van der Waals surface area contributed by atoms with E-state index < -0.39 is 42.1 Å². The first kappa shape index (κ1) is 33.6. The second-order valence-electron chi connectivity index (χ2n) is 11.3. The van der Waals surface area contributed by atoms with Gasteiger partial charge in [0.2, 0.25) is 11.8 Å². The van der Waals surface area contributed by atoms with Crippen molar-refractivity contribution in [2.75, 3.05) is 12.4 Å². The topological polar surface area (TPSA) is 158 Å². The smallest absolute Gasteiger partial charge is 0.412 e. The fourth-order valence-electron chi connectivity index (χ4n) is 5.28. The van der Waals surface area contributed by atoms with Crippen molar-refractivity contribution in [3.05, 3.63) is 143 Å². The summed E-state index contributed by atoms with van der Waals surface area (Å²) in [4.78, 5) is 48.9. The van der Waals surface area contributed by atoms with Crippen molar-refractivity contribution in [1.82, 2.24) is 19.9 Å². The molecule has 3 N–H and O–H groups in total. The second kappa shape index (κ2) is 15.3. The number of carbonyl (C=O) groups excluding carboxylic acids is 2. The number of amides is 2. The molecule has 254 valence electrons. The van der Waals surface area contributed by atoms with Crippen molar-refractivity contribution >= 4 is 28.8 Å². The van der Waals surface area contributed by atoms with Gasteiger partial charge in [0.1, 0.15) is 41.7 Å². The number of benzene rings is 4. The van der Waals surface area contributed by atoms with Crippen molar-refractivity contribution in [3.8, 4) is 17.1 Å². The standard InChI is InChI=1S/C37H32FN5O7/c1-48-27-16-17-31-28(19-27)41-35(50-31)33(45)29(18-23-8-4-2-5-9-23)40-32(44)21-43-34(25-12-14-26(38)15-13-25)39-20-30(36(43)46)42-37(47)49-22-24-10-6-3-7-11-24/h2-17,19-20,29,33,45H,18,21-22H2,1H3,(H,40,44)(H,42,47). The number of fused-ring (bicyclic) bond motifs is 1. The van der Waals surface area contributed by atoms with Crippen molar-refractivity contribution in [3.63, 3.8) is 0 Å². The van der Waals surface area contributed by atoms with Crippen LogP contribution in [-0.2, 0) is 29.1 Å². The Morgan fingerprint density at radius 3 is 2.36 bits per heavy atom. The van der Waals surface area contributed by atoms with E-state index in [0.717, 1.165) is 21.9 Å². The Morgan fingerprint density at radius 2 is 1.66 bits per heavy atom. The molecule has 0 saturated carbocycles. The molecule has 0 spiro atoms. The summed E-state index contributed by atoms with van der Waals surface area (Å²) in [5, 5.41) is 16.7. The predicted molar refractivity (Wildman–Crippen MR) is 182 cm³/mol. The second-order valence-corrected chi connectivity index (χ2v) is 11.3. The minimum Gasteiger partial charge on any atom is -0.497 e. The molecular weight excluding hydrogens is 645 g/mol. The van der Waals surface area contributed by atoms with E-state index in [0.29, 0.717) is 22.4 Å². The Bertz CT molecular complexity index is 2160. The lowest BCUT2D eigenvalue weighted by Gasteiger charge is -2.23. The van der Waals surface area contributed by atoms with E-state index >= 15 is 0 Å². The molecule has 13 heteroatoms. The first-order valence-electron chi connectivity index (χ1n) is 15.6. The van der Waals surface area contributed by atoms with Gasteiger partial charge in [-0.3, -0.25) is 19.5 Å². The molecule has 0 saturated heterocycles. The molecule has 12 nitrogen and oxygen atoms in total. The molecule has 4 aromatic carbocycles. The molecule has 50 heavy (non-hydrogen) atoms. The molecule has 0 aliphatic rings. The monoisotopic (exact) mass is 677 g/mol. The van der Waals surface area contributed by atoms with Gasteiger partial charge in [0.15, 0.2) is 11.7 Å². The van der Waals surface area contributed by atoms with E-state index in [4.69, 9.17) is 13.9 Å². The quantitative estimate of drug-likeness (QED) is 0.154. The molecule has 6 rings (SSSR count). The van der Waals surface area contributed by atoms with Crippen LogP contribution in [-0.4, -0.2) is 44.8 Å². The average molecular weight is 678 g/mol. The largest absolute Gasteiger partial charge is 0.497 e. The van der Waals surface area contributed by atoms with Crippen molar-refractivity contribution in [1.29, 1.82) is 0 Å². The van der Waals surface area contributed by atoms with Crippen LogP contribution in [0.15, 0.2) is 119 Å². The van der Waals surface area contributed by atoms with Crippen LogP contribution in [0.4, 0.5) is 14.9 Å². The van der Waals surface area contributed by atoms with E-state index in [-0.39, 0.29) is 30.4 Å². The van der Waals surface area contributed by atoms with Gasteiger partial charge in [-0.2, -0.15) is 0 Å². The van der Waals surface area contributed by atoms with Gasteiger partial charge in [-0.25, -0.2) is 19.2 Å². The minimum atomic E-state index is -1.39. The number of nitrogens with zero attached hydrogens (tertiary/aromatic N) is 3. The molecular formula is C37H32FN5O7. The van der Waals surface area contributed by atoms with E-state index in [1.165, 1.54) is 31.4 Å². The Hall–Kier alpha value is -6.34. The summed E-state index contributed by atoms with van der Waals surface area (Å²) < 4.78 is 31.2. The number of oxazole rings is 1. The van der Waals surface area contributed by atoms with Crippen LogP contribution in [0.2, 0.25) is 0 Å². The Labute approximate surface area is 285 Å². The maximum atomic E-state index is 13.8.